The second kappa shape index (κ2) is 4.94. The zero-order chi connectivity index (χ0) is 12.4. The molecule has 5 heteroatoms. The van der Waals surface area contributed by atoms with E-state index in [2.05, 4.69) is 27.2 Å². The van der Waals surface area contributed by atoms with Crippen molar-refractivity contribution in [2.75, 3.05) is 25.0 Å². The van der Waals surface area contributed by atoms with Gasteiger partial charge in [0.25, 0.3) is 0 Å². The number of fused-ring (bicyclic) bond motifs is 1. The van der Waals surface area contributed by atoms with Crippen LogP contribution in [0.25, 0.3) is 5.65 Å². The Bertz CT molecular complexity index is 480. The maximum atomic E-state index is 4.47. The molecule has 0 saturated carbocycles. The van der Waals surface area contributed by atoms with Crippen LogP contribution in [0.5, 0.6) is 0 Å². The van der Waals surface area contributed by atoms with Crippen LogP contribution in [-0.4, -0.2) is 45.2 Å². The summed E-state index contributed by atoms with van der Waals surface area (Å²) in [6, 6.07) is 6.42. The summed E-state index contributed by atoms with van der Waals surface area (Å²) in [5.41, 5.74) is 0.894. The van der Waals surface area contributed by atoms with Crippen LogP contribution in [0.1, 0.15) is 19.8 Å². The molecule has 0 aliphatic carbocycles. The van der Waals surface area contributed by atoms with Gasteiger partial charge in [-0.3, -0.25) is 0 Å². The SMILES string of the molecule is CCN1CCC(Nc2nc3ccccn3n2)CC1. The summed E-state index contributed by atoms with van der Waals surface area (Å²) >= 11 is 0. The topological polar surface area (TPSA) is 45.5 Å². The molecule has 5 nitrogen and oxygen atoms in total. The molecule has 3 heterocycles. The van der Waals surface area contributed by atoms with E-state index in [-0.39, 0.29) is 0 Å². The van der Waals surface area contributed by atoms with Crippen LogP contribution in [0.15, 0.2) is 24.4 Å². The van der Waals surface area contributed by atoms with Crippen LogP contribution in [0.4, 0.5) is 5.95 Å². The van der Waals surface area contributed by atoms with Gasteiger partial charge in [0.05, 0.1) is 0 Å². The van der Waals surface area contributed by atoms with Gasteiger partial charge in [0.1, 0.15) is 0 Å². The molecule has 18 heavy (non-hydrogen) atoms. The number of piperidine rings is 1. The van der Waals surface area contributed by atoms with Gasteiger partial charge >= 0.3 is 0 Å². The summed E-state index contributed by atoms with van der Waals surface area (Å²) < 4.78 is 1.81. The smallest absolute Gasteiger partial charge is 0.243 e. The van der Waals surface area contributed by atoms with Gasteiger partial charge in [-0.05, 0) is 31.5 Å². The van der Waals surface area contributed by atoms with Crippen molar-refractivity contribution in [1.29, 1.82) is 0 Å². The monoisotopic (exact) mass is 245 g/mol. The van der Waals surface area contributed by atoms with Crippen molar-refractivity contribution in [3.63, 3.8) is 0 Å². The van der Waals surface area contributed by atoms with Crippen LogP contribution in [0.3, 0.4) is 0 Å². The number of nitrogens with one attached hydrogen (secondary N) is 1. The highest BCUT2D eigenvalue weighted by molar-refractivity contribution is 5.43. The third kappa shape index (κ3) is 2.31. The molecule has 1 aliphatic rings. The molecule has 1 aliphatic heterocycles. The first-order chi connectivity index (χ1) is 8.85. The molecule has 0 atom stereocenters. The Balaban J connectivity index is 1.66. The van der Waals surface area contributed by atoms with Crippen molar-refractivity contribution in [2.45, 2.75) is 25.8 Å². The van der Waals surface area contributed by atoms with Gasteiger partial charge < -0.3 is 10.2 Å². The number of aromatic nitrogens is 3. The molecule has 0 spiro atoms. The molecule has 1 fully saturated rings. The number of hydrogen-bond acceptors (Lipinski definition) is 4. The lowest BCUT2D eigenvalue weighted by Gasteiger charge is -2.31. The zero-order valence-electron chi connectivity index (χ0n) is 10.7. The summed E-state index contributed by atoms with van der Waals surface area (Å²) in [6.45, 7) is 5.71. The predicted octanol–water partition coefficient (Wildman–Crippen LogP) is 1.63. The van der Waals surface area contributed by atoms with E-state index in [9.17, 15) is 0 Å². The van der Waals surface area contributed by atoms with Gasteiger partial charge in [0.2, 0.25) is 5.95 Å². The zero-order valence-corrected chi connectivity index (χ0v) is 10.7. The van der Waals surface area contributed by atoms with E-state index in [1.165, 1.54) is 25.9 Å². The van der Waals surface area contributed by atoms with Crippen molar-refractivity contribution in [1.82, 2.24) is 19.5 Å². The number of nitrogens with zero attached hydrogens (tertiary/aromatic N) is 4. The molecule has 3 rings (SSSR count). The predicted molar refractivity (Wildman–Crippen MR) is 71.7 cm³/mol. The lowest BCUT2D eigenvalue weighted by Crippen LogP contribution is -2.39. The van der Waals surface area contributed by atoms with Gasteiger partial charge in [0, 0.05) is 25.3 Å². The van der Waals surface area contributed by atoms with Gasteiger partial charge in [0.15, 0.2) is 5.65 Å². The van der Waals surface area contributed by atoms with Crippen molar-refractivity contribution in [3.05, 3.63) is 24.4 Å². The first kappa shape index (κ1) is 11.5. The van der Waals surface area contributed by atoms with E-state index >= 15 is 0 Å². The van der Waals surface area contributed by atoms with Gasteiger partial charge in [-0.2, -0.15) is 4.98 Å². The highest BCUT2D eigenvalue weighted by Gasteiger charge is 2.18. The fourth-order valence-electron chi connectivity index (χ4n) is 2.47. The molecule has 0 radical (unpaired) electrons. The Hall–Kier alpha value is -1.62. The Morgan fingerprint density at radius 3 is 2.89 bits per heavy atom. The van der Waals surface area contributed by atoms with E-state index in [0.717, 1.165) is 18.1 Å². The molecule has 2 aromatic rings. The quantitative estimate of drug-likeness (QED) is 0.892. The normalized spacial score (nSPS) is 18.3. The summed E-state index contributed by atoms with van der Waals surface area (Å²) in [5.74, 6) is 0.746. The van der Waals surface area contributed by atoms with E-state index in [0.29, 0.717) is 6.04 Å². The maximum absolute atomic E-state index is 4.47. The van der Waals surface area contributed by atoms with Crippen LogP contribution in [0, 0.1) is 0 Å². The number of likely N-dealkylation sites (tertiary alicyclic amines) is 1. The van der Waals surface area contributed by atoms with Gasteiger partial charge in [-0.15, -0.1) is 5.10 Å². The summed E-state index contributed by atoms with van der Waals surface area (Å²) in [6.07, 6.45) is 4.26. The minimum Gasteiger partial charge on any atom is -0.350 e. The van der Waals surface area contributed by atoms with E-state index < -0.39 is 0 Å². The highest BCUT2D eigenvalue weighted by Crippen LogP contribution is 2.14. The number of pyridine rings is 1. The second-order valence-electron chi connectivity index (χ2n) is 4.79. The Labute approximate surface area is 107 Å². The lowest BCUT2D eigenvalue weighted by molar-refractivity contribution is 0.229. The van der Waals surface area contributed by atoms with E-state index in [1.54, 1.807) is 0 Å². The molecule has 0 amide bonds. The Morgan fingerprint density at radius 1 is 1.33 bits per heavy atom. The van der Waals surface area contributed by atoms with Gasteiger partial charge in [-0.1, -0.05) is 13.0 Å². The van der Waals surface area contributed by atoms with Crippen molar-refractivity contribution in [3.8, 4) is 0 Å². The third-order valence-corrected chi connectivity index (χ3v) is 3.61. The molecule has 1 saturated heterocycles. The fourth-order valence-corrected chi connectivity index (χ4v) is 2.47. The van der Waals surface area contributed by atoms with Gasteiger partial charge in [-0.25, -0.2) is 4.52 Å². The van der Waals surface area contributed by atoms with Crippen LogP contribution >= 0.6 is 0 Å². The van der Waals surface area contributed by atoms with Crippen molar-refractivity contribution >= 4 is 11.6 Å². The number of anilines is 1. The van der Waals surface area contributed by atoms with Crippen LogP contribution in [0.2, 0.25) is 0 Å². The lowest BCUT2D eigenvalue weighted by atomic mass is 10.1. The molecule has 1 N–H and O–H groups in total. The number of rotatable bonds is 3. The number of hydrogen-bond donors (Lipinski definition) is 1. The molecule has 96 valence electrons. The van der Waals surface area contributed by atoms with Crippen molar-refractivity contribution in [2.24, 2.45) is 0 Å². The average Bonchev–Trinajstić information content (AvgIpc) is 2.82. The van der Waals surface area contributed by atoms with E-state index in [1.807, 2.05) is 28.9 Å². The molecule has 0 bridgehead atoms. The Morgan fingerprint density at radius 2 is 2.17 bits per heavy atom. The third-order valence-electron chi connectivity index (χ3n) is 3.61. The average molecular weight is 245 g/mol. The standard InChI is InChI=1S/C13H19N5/c1-2-17-9-6-11(7-10-17)14-13-15-12-5-3-4-8-18(12)16-13/h3-5,8,11H,2,6-7,9-10H2,1H3,(H,14,16). The summed E-state index contributed by atoms with van der Waals surface area (Å²) in [7, 11) is 0. The van der Waals surface area contributed by atoms with Crippen LogP contribution < -0.4 is 5.32 Å². The summed E-state index contributed by atoms with van der Waals surface area (Å²) in [4.78, 5) is 6.95. The highest BCUT2D eigenvalue weighted by atomic mass is 15.3. The first-order valence-corrected chi connectivity index (χ1v) is 6.65. The molecule has 2 aromatic heterocycles. The minimum absolute atomic E-state index is 0.505. The van der Waals surface area contributed by atoms with Crippen LogP contribution in [-0.2, 0) is 0 Å². The first-order valence-electron chi connectivity index (χ1n) is 6.65. The summed E-state index contributed by atoms with van der Waals surface area (Å²) in [5, 5.41) is 7.87. The molecular weight excluding hydrogens is 226 g/mol. The molecular formula is C13H19N5. The maximum Gasteiger partial charge on any atom is 0.243 e. The molecule has 0 aromatic carbocycles. The second-order valence-corrected chi connectivity index (χ2v) is 4.79. The van der Waals surface area contributed by atoms with Crippen molar-refractivity contribution < 1.29 is 0 Å². The minimum atomic E-state index is 0.505. The Kier molecular flexibility index (Phi) is 3.15. The fraction of sp³-hybridized carbons (Fsp3) is 0.538. The largest absolute Gasteiger partial charge is 0.350 e. The molecule has 0 unspecified atom stereocenters. The van der Waals surface area contributed by atoms with E-state index in [4.69, 9.17) is 0 Å².